The average Bonchev–Trinajstić information content (AvgIpc) is 2.82. The molecule has 0 radical (unpaired) electrons. The molecule has 0 spiro atoms. The summed E-state index contributed by atoms with van der Waals surface area (Å²) in [5, 5.41) is 9.18. The number of ether oxygens (including phenoxy) is 1. The van der Waals surface area contributed by atoms with Gasteiger partial charge in [0.15, 0.2) is 0 Å². The molecule has 4 rings (SSSR count). The molecule has 174 valence electrons. The molecule has 34 heavy (non-hydrogen) atoms. The zero-order valence-corrected chi connectivity index (χ0v) is 18.5. The van der Waals surface area contributed by atoms with Crippen molar-refractivity contribution in [2.75, 3.05) is 0 Å². The number of aryl methyl sites for hydroxylation is 1. The predicted octanol–water partition coefficient (Wildman–Crippen LogP) is 7.02. The van der Waals surface area contributed by atoms with Gasteiger partial charge < -0.3 is 9.84 Å². The first-order valence-corrected chi connectivity index (χ1v) is 11.0. The van der Waals surface area contributed by atoms with Crippen LogP contribution in [0.25, 0.3) is 11.1 Å². The minimum absolute atomic E-state index is 0.0741. The summed E-state index contributed by atoms with van der Waals surface area (Å²) in [6.07, 6.45) is -3.44. The van der Waals surface area contributed by atoms with Crippen molar-refractivity contribution in [2.24, 2.45) is 0 Å². The van der Waals surface area contributed by atoms with Crippen molar-refractivity contribution in [1.29, 1.82) is 0 Å². The van der Waals surface area contributed by atoms with E-state index in [4.69, 9.17) is 4.74 Å². The van der Waals surface area contributed by atoms with Crippen LogP contribution in [0.2, 0.25) is 0 Å². The van der Waals surface area contributed by atoms with Crippen LogP contribution in [-0.4, -0.2) is 11.1 Å². The molecule has 1 aliphatic rings. The molecule has 0 saturated heterocycles. The Kier molecular flexibility index (Phi) is 6.65. The fourth-order valence-electron chi connectivity index (χ4n) is 4.35. The highest BCUT2D eigenvalue weighted by Crippen LogP contribution is 2.40. The van der Waals surface area contributed by atoms with Crippen LogP contribution in [0.1, 0.15) is 54.0 Å². The maximum Gasteiger partial charge on any atom is 0.417 e. The molecule has 1 heterocycles. The highest BCUT2D eigenvalue weighted by Gasteiger charge is 2.33. The predicted molar refractivity (Wildman–Crippen MR) is 123 cm³/mol. The molecule has 1 N–H and O–H groups in total. The van der Waals surface area contributed by atoms with Gasteiger partial charge in [-0.05, 0) is 65.8 Å². The quantitative estimate of drug-likeness (QED) is 0.413. The standard InChI is InChI=1S/C28H23F3O3/c1-2-6-18(17-27(32)33)19-11-13-26-22(15-19)12-14-25(34-26)21-8-5-7-20(16-21)23-9-3-4-10-24(23)28(29,30)31/h3-5,7-11,13,15-16,18,25H,12,14,17H2,1H3,(H,32,33). The second-order valence-corrected chi connectivity index (χ2v) is 8.23. The lowest BCUT2D eigenvalue weighted by Crippen LogP contribution is -2.16. The van der Waals surface area contributed by atoms with Crippen LogP contribution in [0.4, 0.5) is 13.2 Å². The lowest BCUT2D eigenvalue weighted by molar-refractivity contribution is -0.138. The number of halogens is 3. The number of hydrogen-bond donors (Lipinski definition) is 1. The van der Waals surface area contributed by atoms with E-state index in [-0.39, 0.29) is 18.1 Å². The van der Waals surface area contributed by atoms with E-state index in [2.05, 4.69) is 11.8 Å². The van der Waals surface area contributed by atoms with E-state index in [1.807, 2.05) is 24.3 Å². The summed E-state index contributed by atoms with van der Waals surface area (Å²) in [5.74, 6) is 5.15. The van der Waals surface area contributed by atoms with Crippen molar-refractivity contribution in [2.45, 2.75) is 44.4 Å². The Morgan fingerprint density at radius 2 is 1.91 bits per heavy atom. The molecule has 1 aliphatic heterocycles. The molecule has 0 fully saturated rings. The van der Waals surface area contributed by atoms with Crippen molar-refractivity contribution < 1.29 is 27.8 Å². The van der Waals surface area contributed by atoms with Crippen LogP contribution in [-0.2, 0) is 17.4 Å². The zero-order valence-electron chi connectivity index (χ0n) is 18.5. The number of benzene rings is 3. The Hall–Kier alpha value is -3.72. The zero-order chi connectivity index (χ0) is 24.3. The number of carboxylic acid groups (broad SMARTS) is 1. The van der Waals surface area contributed by atoms with Crippen molar-refractivity contribution in [1.82, 2.24) is 0 Å². The number of carboxylic acids is 1. The number of hydrogen-bond acceptors (Lipinski definition) is 2. The van der Waals surface area contributed by atoms with Gasteiger partial charge in [0.2, 0.25) is 0 Å². The van der Waals surface area contributed by atoms with Crippen molar-refractivity contribution >= 4 is 5.97 Å². The Bertz CT molecular complexity index is 1270. The molecule has 0 bridgehead atoms. The van der Waals surface area contributed by atoms with Crippen LogP contribution in [0.3, 0.4) is 0 Å². The summed E-state index contributed by atoms with van der Waals surface area (Å²) in [6.45, 7) is 1.68. The van der Waals surface area contributed by atoms with Gasteiger partial charge in [-0.15, -0.1) is 5.92 Å². The van der Waals surface area contributed by atoms with Gasteiger partial charge in [0.1, 0.15) is 11.9 Å². The third-order valence-electron chi connectivity index (χ3n) is 5.93. The molecule has 0 saturated carbocycles. The van der Waals surface area contributed by atoms with Crippen LogP contribution in [0.15, 0.2) is 66.7 Å². The maximum absolute atomic E-state index is 13.5. The highest BCUT2D eigenvalue weighted by atomic mass is 19.4. The number of fused-ring (bicyclic) bond motifs is 1. The van der Waals surface area contributed by atoms with Gasteiger partial charge in [0.05, 0.1) is 17.9 Å². The van der Waals surface area contributed by atoms with E-state index in [1.165, 1.54) is 12.1 Å². The van der Waals surface area contributed by atoms with E-state index in [1.54, 1.807) is 31.2 Å². The molecular formula is C28H23F3O3. The lowest BCUT2D eigenvalue weighted by Gasteiger charge is -2.27. The van der Waals surface area contributed by atoms with Gasteiger partial charge in [-0.2, -0.15) is 13.2 Å². The minimum Gasteiger partial charge on any atom is -0.485 e. The summed E-state index contributed by atoms with van der Waals surface area (Å²) < 4.78 is 46.7. The minimum atomic E-state index is -4.44. The van der Waals surface area contributed by atoms with Crippen LogP contribution >= 0.6 is 0 Å². The molecule has 0 aliphatic carbocycles. The molecule has 3 aromatic carbocycles. The Labute approximate surface area is 196 Å². The molecule has 2 unspecified atom stereocenters. The first-order chi connectivity index (χ1) is 16.3. The monoisotopic (exact) mass is 464 g/mol. The molecule has 3 nitrogen and oxygen atoms in total. The fourth-order valence-corrected chi connectivity index (χ4v) is 4.35. The van der Waals surface area contributed by atoms with Gasteiger partial charge in [0.25, 0.3) is 0 Å². The topological polar surface area (TPSA) is 46.5 Å². The number of carbonyl (C=O) groups is 1. The van der Waals surface area contributed by atoms with Crippen LogP contribution in [0.5, 0.6) is 5.75 Å². The Balaban J connectivity index is 1.59. The van der Waals surface area contributed by atoms with E-state index >= 15 is 0 Å². The van der Waals surface area contributed by atoms with Crippen LogP contribution in [0, 0.1) is 11.8 Å². The smallest absolute Gasteiger partial charge is 0.417 e. The van der Waals surface area contributed by atoms with E-state index in [9.17, 15) is 23.1 Å². The first kappa shape index (κ1) is 23.4. The van der Waals surface area contributed by atoms with Gasteiger partial charge in [-0.25, -0.2) is 0 Å². The van der Waals surface area contributed by atoms with Crippen molar-refractivity contribution in [3.8, 4) is 28.7 Å². The third kappa shape index (κ3) is 5.09. The summed E-state index contributed by atoms with van der Waals surface area (Å²) in [6, 6.07) is 18.2. The first-order valence-electron chi connectivity index (χ1n) is 11.0. The van der Waals surface area contributed by atoms with E-state index < -0.39 is 23.6 Å². The van der Waals surface area contributed by atoms with Gasteiger partial charge >= 0.3 is 12.1 Å². The summed E-state index contributed by atoms with van der Waals surface area (Å²) in [4.78, 5) is 11.2. The Morgan fingerprint density at radius 3 is 2.65 bits per heavy atom. The van der Waals surface area contributed by atoms with E-state index in [0.29, 0.717) is 24.2 Å². The lowest BCUT2D eigenvalue weighted by atomic mass is 9.90. The molecule has 2 atom stereocenters. The number of aliphatic carboxylic acids is 1. The van der Waals surface area contributed by atoms with Crippen molar-refractivity contribution in [3.63, 3.8) is 0 Å². The second kappa shape index (κ2) is 9.64. The Morgan fingerprint density at radius 1 is 1.12 bits per heavy atom. The van der Waals surface area contributed by atoms with Gasteiger partial charge in [-0.3, -0.25) is 4.79 Å². The van der Waals surface area contributed by atoms with Gasteiger partial charge in [-0.1, -0.05) is 54.5 Å². The van der Waals surface area contributed by atoms with E-state index in [0.717, 1.165) is 22.8 Å². The summed E-state index contributed by atoms with van der Waals surface area (Å²) >= 11 is 0. The average molecular weight is 464 g/mol. The molecule has 3 aromatic rings. The normalized spacial score (nSPS) is 15.9. The second-order valence-electron chi connectivity index (χ2n) is 8.23. The molecule has 6 heteroatoms. The summed E-state index contributed by atoms with van der Waals surface area (Å²) in [5.41, 5.74) is 2.58. The molecular weight excluding hydrogens is 441 g/mol. The molecule has 0 amide bonds. The van der Waals surface area contributed by atoms with Gasteiger partial charge in [0, 0.05) is 0 Å². The third-order valence-corrected chi connectivity index (χ3v) is 5.93. The SMILES string of the molecule is CC#CC(CC(=O)O)c1ccc2c(c1)CCC(c1cccc(-c3ccccc3C(F)(F)F)c1)O2. The number of rotatable bonds is 5. The maximum atomic E-state index is 13.5. The van der Waals surface area contributed by atoms with Crippen LogP contribution < -0.4 is 4.74 Å². The summed E-state index contributed by atoms with van der Waals surface area (Å²) in [7, 11) is 0. The largest absolute Gasteiger partial charge is 0.485 e. The fraction of sp³-hybridized carbons (Fsp3) is 0.250. The highest BCUT2D eigenvalue weighted by molar-refractivity contribution is 5.69. The number of alkyl halides is 3. The van der Waals surface area contributed by atoms with Crippen molar-refractivity contribution in [3.05, 3.63) is 89.0 Å². The molecule has 0 aromatic heterocycles.